The van der Waals surface area contributed by atoms with E-state index in [2.05, 4.69) is 15.1 Å². The molecular formula is C11H8FN5O4. The number of hydrogen-bond acceptors (Lipinski definition) is 7. The van der Waals surface area contributed by atoms with Crippen molar-refractivity contribution < 1.29 is 19.3 Å². The van der Waals surface area contributed by atoms with Gasteiger partial charge < -0.3 is 15.7 Å². The molecule has 0 saturated heterocycles. The molecule has 0 fully saturated rings. The summed E-state index contributed by atoms with van der Waals surface area (Å²) < 4.78 is 18.6. The van der Waals surface area contributed by atoms with Crippen molar-refractivity contribution in [3.05, 3.63) is 52.1 Å². The molecule has 0 radical (unpaired) electrons. The van der Waals surface area contributed by atoms with E-state index in [1.807, 2.05) is 0 Å². The Bertz CT molecular complexity index is 722. The van der Waals surface area contributed by atoms with Gasteiger partial charge in [-0.05, 0) is 12.1 Å². The lowest BCUT2D eigenvalue weighted by Crippen LogP contribution is -2.15. The Labute approximate surface area is 116 Å². The van der Waals surface area contributed by atoms with E-state index in [4.69, 9.17) is 15.7 Å². The van der Waals surface area contributed by atoms with Crippen molar-refractivity contribution >= 4 is 11.5 Å². The monoisotopic (exact) mass is 293 g/mol. The van der Waals surface area contributed by atoms with Crippen LogP contribution in [0.1, 0.15) is 5.69 Å². The zero-order valence-corrected chi connectivity index (χ0v) is 10.3. The van der Waals surface area contributed by atoms with Gasteiger partial charge >= 0.3 is 11.7 Å². The molecule has 9 nitrogen and oxygen atoms in total. The number of halogens is 1. The van der Waals surface area contributed by atoms with Crippen LogP contribution in [0.4, 0.5) is 10.1 Å². The number of rotatable bonds is 4. The highest BCUT2D eigenvalue weighted by Crippen LogP contribution is 2.24. The summed E-state index contributed by atoms with van der Waals surface area (Å²) in [5.41, 5.74) is 4.78. The Hall–Kier alpha value is -3.30. The summed E-state index contributed by atoms with van der Waals surface area (Å²) in [6.45, 7) is 0. The molecule has 0 spiro atoms. The van der Waals surface area contributed by atoms with Gasteiger partial charge in [-0.25, -0.2) is 4.98 Å². The number of aromatic nitrogens is 2. The van der Waals surface area contributed by atoms with Gasteiger partial charge in [-0.15, -0.1) is 0 Å². The van der Waals surface area contributed by atoms with Crippen LogP contribution in [0.2, 0.25) is 0 Å². The fraction of sp³-hybridized carbons (Fsp3) is 0. The number of ether oxygens (including phenoxy) is 1. The minimum atomic E-state index is -1.05. The number of nitro groups is 1. The van der Waals surface area contributed by atoms with Gasteiger partial charge in [0.2, 0.25) is 5.82 Å². The Morgan fingerprint density at radius 1 is 1.48 bits per heavy atom. The van der Waals surface area contributed by atoms with Crippen LogP contribution in [0, 0.1) is 15.9 Å². The summed E-state index contributed by atoms with van der Waals surface area (Å²) in [6, 6.07) is 4.17. The van der Waals surface area contributed by atoms with E-state index in [1.54, 1.807) is 0 Å². The molecule has 0 bridgehead atoms. The second kappa shape index (κ2) is 5.77. The topological polar surface area (TPSA) is 137 Å². The molecule has 108 valence electrons. The van der Waals surface area contributed by atoms with Gasteiger partial charge in [0, 0.05) is 18.3 Å². The number of hydrogen-bond donors (Lipinski definition) is 2. The Balaban J connectivity index is 2.26. The molecule has 3 N–H and O–H groups in total. The first-order valence-electron chi connectivity index (χ1n) is 5.44. The van der Waals surface area contributed by atoms with Crippen LogP contribution in [0.25, 0.3) is 0 Å². The Morgan fingerprint density at radius 2 is 2.24 bits per heavy atom. The minimum Gasteiger partial charge on any atom is -0.424 e. The molecule has 1 heterocycles. The molecular weight excluding hydrogens is 285 g/mol. The fourth-order valence-electron chi connectivity index (χ4n) is 1.39. The number of nitrogens with two attached hydrogens (primary N) is 1. The number of benzene rings is 1. The Kier molecular flexibility index (Phi) is 3.88. The second-order valence-electron chi connectivity index (χ2n) is 3.68. The van der Waals surface area contributed by atoms with E-state index in [1.165, 1.54) is 18.3 Å². The van der Waals surface area contributed by atoms with E-state index in [-0.39, 0.29) is 23.3 Å². The SMILES string of the molecule is N/C(=N/O)c1ccnc(Oc2ccc([N+](=O)[O-])c(F)c2)n1. The quantitative estimate of drug-likeness (QED) is 0.286. The fourth-order valence-corrected chi connectivity index (χ4v) is 1.39. The van der Waals surface area contributed by atoms with Crippen molar-refractivity contribution in [2.45, 2.75) is 0 Å². The molecule has 2 rings (SSSR count). The van der Waals surface area contributed by atoms with Crippen molar-refractivity contribution in [1.29, 1.82) is 0 Å². The van der Waals surface area contributed by atoms with Gasteiger partial charge in [-0.2, -0.15) is 9.37 Å². The maximum atomic E-state index is 13.4. The van der Waals surface area contributed by atoms with Gasteiger partial charge in [0.25, 0.3) is 0 Å². The maximum Gasteiger partial charge on any atom is 0.322 e. The molecule has 0 atom stereocenters. The van der Waals surface area contributed by atoms with Crippen LogP contribution in [-0.4, -0.2) is 25.9 Å². The van der Waals surface area contributed by atoms with Crippen LogP contribution in [0.15, 0.2) is 35.6 Å². The molecule has 21 heavy (non-hydrogen) atoms. The third-order valence-electron chi connectivity index (χ3n) is 2.33. The number of amidine groups is 1. The first-order chi connectivity index (χ1) is 10.0. The summed E-state index contributed by atoms with van der Waals surface area (Å²) >= 11 is 0. The van der Waals surface area contributed by atoms with Crippen LogP contribution >= 0.6 is 0 Å². The zero-order chi connectivity index (χ0) is 15.4. The van der Waals surface area contributed by atoms with E-state index >= 15 is 0 Å². The molecule has 0 amide bonds. The van der Waals surface area contributed by atoms with E-state index in [0.717, 1.165) is 12.1 Å². The van der Waals surface area contributed by atoms with Crippen molar-refractivity contribution in [3.63, 3.8) is 0 Å². The zero-order valence-electron chi connectivity index (χ0n) is 10.3. The molecule has 0 saturated carbocycles. The van der Waals surface area contributed by atoms with Crippen molar-refractivity contribution in [2.24, 2.45) is 10.9 Å². The van der Waals surface area contributed by atoms with Gasteiger partial charge in [0.05, 0.1) is 4.92 Å². The standard InChI is InChI=1S/C11H8FN5O4/c12-7-5-6(1-2-9(7)17(19)20)21-11-14-4-3-8(15-11)10(13)16-18/h1-5,18H,(H2,13,16). The maximum absolute atomic E-state index is 13.4. The van der Waals surface area contributed by atoms with E-state index < -0.39 is 16.4 Å². The van der Waals surface area contributed by atoms with Crippen molar-refractivity contribution in [1.82, 2.24) is 9.97 Å². The van der Waals surface area contributed by atoms with Gasteiger partial charge in [-0.3, -0.25) is 10.1 Å². The predicted molar refractivity (Wildman–Crippen MR) is 67.7 cm³/mol. The summed E-state index contributed by atoms with van der Waals surface area (Å²) in [5, 5.41) is 21.8. The third-order valence-corrected chi connectivity index (χ3v) is 2.33. The molecule has 0 aliphatic heterocycles. The average Bonchev–Trinajstić information content (AvgIpc) is 2.46. The number of oxime groups is 1. The summed E-state index contributed by atoms with van der Waals surface area (Å²) in [6.07, 6.45) is 1.29. The Morgan fingerprint density at radius 3 is 2.86 bits per heavy atom. The van der Waals surface area contributed by atoms with Crippen LogP contribution in [-0.2, 0) is 0 Å². The highest BCUT2D eigenvalue weighted by Gasteiger charge is 2.15. The lowest BCUT2D eigenvalue weighted by atomic mass is 10.3. The smallest absolute Gasteiger partial charge is 0.322 e. The van der Waals surface area contributed by atoms with Crippen molar-refractivity contribution in [3.8, 4) is 11.8 Å². The second-order valence-corrected chi connectivity index (χ2v) is 3.68. The molecule has 0 aliphatic rings. The molecule has 1 aromatic carbocycles. The van der Waals surface area contributed by atoms with E-state index in [0.29, 0.717) is 0 Å². The number of nitro benzene ring substituents is 1. The highest BCUT2D eigenvalue weighted by atomic mass is 19.1. The first kappa shape index (κ1) is 14.1. The normalized spacial score (nSPS) is 11.2. The molecule has 10 heteroatoms. The number of nitrogens with zero attached hydrogens (tertiary/aromatic N) is 4. The summed E-state index contributed by atoms with van der Waals surface area (Å²) in [5.74, 6) is -1.34. The summed E-state index contributed by atoms with van der Waals surface area (Å²) in [4.78, 5) is 17.2. The average molecular weight is 293 g/mol. The van der Waals surface area contributed by atoms with Crippen LogP contribution < -0.4 is 10.5 Å². The summed E-state index contributed by atoms with van der Waals surface area (Å²) in [7, 11) is 0. The van der Waals surface area contributed by atoms with Crippen molar-refractivity contribution in [2.75, 3.05) is 0 Å². The third kappa shape index (κ3) is 3.18. The van der Waals surface area contributed by atoms with Crippen LogP contribution in [0.3, 0.4) is 0 Å². The predicted octanol–water partition coefficient (Wildman–Crippen LogP) is 1.41. The van der Waals surface area contributed by atoms with Gasteiger partial charge in [0.1, 0.15) is 11.4 Å². The highest BCUT2D eigenvalue weighted by molar-refractivity contribution is 5.95. The minimum absolute atomic E-state index is 0.0326. The van der Waals surface area contributed by atoms with Crippen LogP contribution in [0.5, 0.6) is 11.8 Å². The molecule has 1 aromatic heterocycles. The van der Waals surface area contributed by atoms with E-state index in [9.17, 15) is 14.5 Å². The molecule has 2 aromatic rings. The lowest BCUT2D eigenvalue weighted by Gasteiger charge is -2.05. The molecule has 0 unspecified atom stereocenters. The van der Waals surface area contributed by atoms with Gasteiger partial charge in [0.15, 0.2) is 5.84 Å². The molecule has 0 aliphatic carbocycles. The lowest BCUT2D eigenvalue weighted by molar-refractivity contribution is -0.387. The largest absolute Gasteiger partial charge is 0.424 e. The first-order valence-corrected chi connectivity index (χ1v) is 5.44. The van der Waals surface area contributed by atoms with Gasteiger partial charge in [-0.1, -0.05) is 5.16 Å².